The van der Waals surface area contributed by atoms with Crippen LogP contribution in [0.5, 0.6) is 11.5 Å². The molecule has 0 aliphatic carbocycles. The number of imide groups is 1. The second-order valence-corrected chi connectivity index (χ2v) is 10.5. The lowest BCUT2D eigenvalue weighted by Crippen LogP contribution is -2.40. The van der Waals surface area contributed by atoms with Gasteiger partial charge in [-0.05, 0) is 82.5 Å². The molecule has 2 aromatic carbocycles. The van der Waals surface area contributed by atoms with Crippen molar-refractivity contribution in [1.82, 2.24) is 9.80 Å². The van der Waals surface area contributed by atoms with Gasteiger partial charge in [0.1, 0.15) is 6.54 Å². The van der Waals surface area contributed by atoms with Crippen molar-refractivity contribution in [2.75, 3.05) is 38.7 Å². The summed E-state index contributed by atoms with van der Waals surface area (Å²) < 4.78 is 11.7. The van der Waals surface area contributed by atoms with E-state index in [0.717, 1.165) is 29.5 Å². The average molecular weight is 609 g/mol. The number of benzene rings is 2. The van der Waals surface area contributed by atoms with Crippen molar-refractivity contribution >= 4 is 74.0 Å². The number of halogens is 2. The van der Waals surface area contributed by atoms with Crippen LogP contribution in [0, 0.1) is 0 Å². The van der Waals surface area contributed by atoms with E-state index in [0.29, 0.717) is 45.3 Å². The molecule has 2 heterocycles. The highest BCUT2D eigenvalue weighted by molar-refractivity contribution is 9.10. The second-order valence-electron chi connectivity index (χ2n) is 8.23. The molecule has 1 N–H and O–H groups in total. The van der Waals surface area contributed by atoms with E-state index in [2.05, 4.69) is 21.2 Å². The van der Waals surface area contributed by atoms with Crippen LogP contribution in [0.4, 0.5) is 10.5 Å². The Kier molecular flexibility index (Phi) is 8.78. The third kappa shape index (κ3) is 6.65. The molecule has 4 rings (SSSR count). The molecule has 0 atom stereocenters. The Morgan fingerprint density at radius 1 is 1.14 bits per heavy atom. The molecule has 0 unspecified atom stereocenters. The lowest BCUT2D eigenvalue weighted by Gasteiger charge is -2.18. The topological polar surface area (TPSA) is 105 Å². The van der Waals surface area contributed by atoms with Crippen molar-refractivity contribution in [1.29, 1.82) is 0 Å². The molecule has 2 saturated heterocycles. The van der Waals surface area contributed by atoms with Crippen LogP contribution in [-0.4, -0.2) is 66.1 Å². The lowest BCUT2D eigenvalue weighted by atomic mass is 10.2. The molecule has 0 aromatic heterocycles. The van der Waals surface area contributed by atoms with Gasteiger partial charge in [-0.25, -0.2) is 0 Å². The predicted molar refractivity (Wildman–Crippen MR) is 145 cm³/mol. The minimum atomic E-state index is -0.508. The first-order valence-corrected chi connectivity index (χ1v) is 13.3. The van der Waals surface area contributed by atoms with E-state index < -0.39 is 11.1 Å². The molecule has 9 nitrogen and oxygen atoms in total. The van der Waals surface area contributed by atoms with Gasteiger partial charge in [0.2, 0.25) is 5.91 Å². The van der Waals surface area contributed by atoms with Crippen LogP contribution in [0.25, 0.3) is 6.08 Å². The molecule has 37 heavy (non-hydrogen) atoms. The van der Waals surface area contributed by atoms with Gasteiger partial charge in [0, 0.05) is 23.2 Å². The molecule has 2 aliphatic rings. The first kappa shape index (κ1) is 27.0. The average Bonchev–Trinajstić information content (AvgIpc) is 3.50. The highest BCUT2D eigenvalue weighted by Gasteiger charge is 2.37. The van der Waals surface area contributed by atoms with Crippen molar-refractivity contribution in [2.45, 2.75) is 12.8 Å². The zero-order valence-corrected chi connectivity index (χ0v) is 23.0. The van der Waals surface area contributed by atoms with Gasteiger partial charge in [-0.3, -0.25) is 24.1 Å². The van der Waals surface area contributed by atoms with Crippen molar-refractivity contribution in [3.8, 4) is 11.5 Å². The van der Waals surface area contributed by atoms with Crippen molar-refractivity contribution in [2.24, 2.45) is 0 Å². The van der Waals surface area contributed by atoms with E-state index >= 15 is 0 Å². The molecule has 2 aromatic rings. The van der Waals surface area contributed by atoms with Crippen LogP contribution in [0.3, 0.4) is 0 Å². The van der Waals surface area contributed by atoms with E-state index in [1.165, 1.54) is 7.11 Å². The Balaban J connectivity index is 1.38. The Bertz CT molecular complexity index is 1280. The standard InChI is InChI=1S/C25H23BrClN3O6S/c1-35-20-10-15(4-7-19(20)36-14-22(31)28-16-5-6-17(26)18(27)12-16)11-21-24(33)30(25(34)37-21)13-23(32)29-8-2-3-9-29/h4-7,10-12H,2-3,8-9,13-14H2,1H3,(H,28,31)/b21-11+. The summed E-state index contributed by atoms with van der Waals surface area (Å²) in [6, 6.07) is 9.95. The minimum Gasteiger partial charge on any atom is -0.493 e. The first-order valence-electron chi connectivity index (χ1n) is 11.3. The minimum absolute atomic E-state index is 0.211. The molecule has 2 fully saturated rings. The van der Waals surface area contributed by atoms with Crippen LogP contribution in [0.15, 0.2) is 45.8 Å². The number of rotatable bonds is 8. The number of carbonyl (C=O) groups excluding carboxylic acids is 4. The molecule has 0 bridgehead atoms. The summed E-state index contributed by atoms with van der Waals surface area (Å²) in [4.78, 5) is 52.7. The van der Waals surface area contributed by atoms with Crippen LogP contribution < -0.4 is 14.8 Å². The van der Waals surface area contributed by atoms with E-state index in [-0.39, 0.29) is 29.9 Å². The van der Waals surface area contributed by atoms with E-state index in [1.54, 1.807) is 47.4 Å². The Labute approximate surface area is 231 Å². The van der Waals surface area contributed by atoms with Crippen LogP contribution >= 0.6 is 39.3 Å². The fourth-order valence-corrected chi connectivity index (χ4v) is 5.06. The van der Waals surface area contributed by atoms with Gasteiger partial charge < -0.3 is 19.7 Å². The number of thioether (sulfide) groups is 1. The van der Waals surface area contributed by atoms with Gasteiger partial charge in [-0.15, -0.1) is 0 Å². The van der Waals surface area contributed by atoms with Gasteiger partial charge >= 0.3 is 0 Å². The van der Waals surface area contributed by atoms with E-state index in [9.17, 15) is 19.2 Å². The summed E-state index contributed by atoms with van der Waals surface area (Å²) in [6.07, 6.45) is 3.42. The zero-order valence-electron chi connectivity index (χ0n) is 19.8. The number of hydrogen-bond donors (Lipinski definition) is 1. The molecule has 4 amide bonds. The van der Waals surface area contributed by atoms with Gasteiger partial charge in [-0.2, -0.15) is 0 Å². The predicted octanol–water partition coefficient (Wildman–Crippen LogP) is 4.79. The van der Waals surface area contributed by atoms with Gasteiger partial charge in [0.05, 0.1) is 17.0 Å². The number of methoxy groups -OCH3 is 1. The molecule has 0 spiro atoms. The molecular weight excluding hydrogens is 586 g/mol. The summed E-state index contributed by atoms with van der Waals surface area (Å²) >= 11 is 10.1. The van der Waals surface area contributed by atoms with E-state index in [4.69, 9.17) is 21.1 Å². The maximum Gasteiger partial charge on any atom is 0.294 e. The van der Waals surface area contributed by atoms with Crippen molar-refractivity contribution in [3.05, 3.63) is 56.4 Å². The summed E-state index contributed by atoms with van der Waals surface area (Å²) in [5, 5.41) is 2.69. The third-order valence-electron chi connectivity index (χ3n) is 5.67. The largest absolute Gasteiger partial charge is 0.493 e. The Morgan fingerprint density at radius 2 is 1.89 bits per heavy atom. The highest BCUT2D eigenvalue weighted by atomic mass is 79.9. The van der Waals surface area contributed by atoms with Crippen LogP contribution in [0.2, 0.25) is 5.02 Å². The van der Waals surface area contributed by atoms with Gasteiger partial charge in [-0.1, -0.05) is 17.7 Å². The molecule has 0 saturated carbocycles. The highest BCUT2D eigenvalue weighted by Crippen LogP contribution is 2.35. The van der Waals surface area contributed by atoms with Crippen molar-refractivity contribution in [3.63, 3.8) is 0 Å². The number of anilines is 1. The number of hydrogen-bond acceptors (Lipinski definition) is 7. The molecule has 2 aliphatic heterocycles. The Morgan fingerprint density at radius 3 is 2.59 bits per heavy atom. The summed E-state index contributed by atoms with van der Waals surface area (Å²) in [6.45, 7) is 0.776. The number of likely N-dealkylation sites (tertiary alicyclic amines) is 1. The second kappa shape index (κ2) is 12.0. The summed E-state index contributed by atoms with van der Waals surface area (Å²) in [5.41, 5.74) is 1.12. The summed E-state index contributed by atoms with van der Waals surface area (Å²) in [5.74, 6) is -0.450. The molecular formula is C25H23BrClN3O6S. The fraction of sp³-hybridized carbons (Fsp3) is 0.280. The number of amides is 4. The number of nitrogens with one attached hydrogen (secondary N) is 1. The third-order valence-corrected chi connectivity index (χ3v) is 7.81. The smallest absolute Gasteiger partial charge is 0.294 e. The van der Waals surface area contributed by atoms with E-state index in [1.807, 2.05) is 0 Å². The van der Waals surface area contributed by atoms with Gasteiger partial charge in [0.15, 0.2) is 18.1 Å². The fourth-order valence-electron chi connectivity index (χ4n) is 3.80. The quantitative estimate of drug-likeness (QED) is 0.430. The molecule has 194 valence electrons. The first-order chi connectivity index (χ1) is 17.7. The van der Waals surface area contributed by atoms with Crippen LogP contribution in [-0.2, 0) is 14.4 Å². The van der Waals surface area contributed by atoms with Crippen LogP contribution in [0.1, 0.15) is 18.4 Å². The summed E-state index contributed by atoms with van der Waals surface area (Å²) in [7, 11) is 1.45. The Hall–Kier alpha value is -3.02. The maximum atomic E-state index is 12.8. The number of ether oxygens (including phenoxy) is 2. The lowest BCUT2D eigenvalue weighted by molar-refractivity contribution is -0.135. The SMILES string of the molecule is COc1cc(/C=C2/SC(=O)N(CC(=O)N3CCCC3)C2=O)ccc1OCC(=O)Nc1ccc(Br)c(Cl)c1. The monoisotopic (exact) mass is 607 g/mol. The van der Waals surface area contributed by atoms with Crippen molar-refractivity contribution < 1.29 is 28.7 Å². The van der Waals surface area contributed by atoms with Gasteiger partial charge in [0.25, 0.3) is 17.1 Å². The normalized spacial score (nSPS) is 16.5. The zero-order chi connectivity index (χ0) is 26.5. The maximum absolute atomic E-state index is 12.8. The molecule has 12 heteroatoms. The molecule has 0 radical (unpaired) electrons. The number of nitrogens with zero attached hydrogens (tertiary/aromatic N) is 2. The number of carbonyl (C=O) groups is 4.